The van der Waals surface area contributed by atoms with Gasteiger partial charge in [-0.15, -0.1) is 0 Å². The van der Waals surface area contributed by atoms with Gasteiger partial charge in [0.1, 0.15) is 12.1 Å². The first-order valence-electron chi connectivity index (χ1n) is 5.15. The lowest BCUT2D eigenvalue weighted by atomic mass is 10.1. The first-order chi connectivity index (χ1) is 7.63. The van der Waals surface area contributed by atoms with Gasteiger partial charge in [0.25, 0.3) is 5.22 Å². The van der Waals surface area contributed by atoms with E-state index in [0.29, 0.717) is 17.5 Å². The Balaban J connectivity index is 1.86. The van der Waals surface area contributed by atoms with Crippen LogP contribution in [0.25, 0.3) is 0 Å². The molecule has 0 unspecified atom stereocenters. The fourth-order valence-electron chi connectivity index (χ4n) is 1.58. The highest BCUT2D eigenvalue weighted by Crippen LogP contribution is 2.51. The summed E-state index contributed by atoms with van der Waals surface area (Å²) in [5.74, 6) is 1.21. The highest BCUT2D eigenvalue weighted by Gasteiger charge is 2.43. The number of nitrogens with zero attached hydrogens (tertiary/aromatic N) is 2. The van der Waals surface area contributed by atoms with Crippen molar-refractivity contribution in [3.05, 3.63) is 12.0 Å². The summed E-state index contributed by atoms with van der Waals surface area (Å²) in [5, 5.41) is 12.3. The predicted molar refractivity (Wildman–Crippen MR) is 61.7 cm³/mol. The van der Waals surface area contributed by atoms with E-state index in [1.54, 1.807) is 18.0 Å². The molecule has 6 heteroatoms. The van der Waals surface area contributed by atoms with Gasteiger partial charge in [-0.05, 0) is 25.2 Å². The average molecular weight is 241 g/mol. The van der Waals surface area contributed by atoms with E-state index >= 15 is 0 Å². The van der Waals surface area contributed by atoms with Crippen molar-refractivity contribution >= 4 is 17.6 Å². The Kier molecular flexibility index (Phi) is 3.09. The summed E-state index contributed by atoms with van der Waals surface area (Å²) in [6.07, 6.45) is 4.54. The van der Waals surface area contributed by atoms with E-state index in [-0.39, 0.29) is 5.41 Å². The minimum Gasteiger partial charge on any atom is -0.440 e. The van der Waals surface area contributed by atoms with Gasteiger partial charge in [-0.2, -0.15) is 0 Å². The maximum atomic E-state index is 8.54. The van der Waals surface area contributed by atoms with E-state index < -0.39 is 0 Å². The molecule has 1 aromatic rings. The second-order valence-electron chi connectivity index (χ2n) is 4.31. The Hall–Kier alpha value is -1.17. The SMILES string of the molecule is Cc1coc(SCC2(CC(N)=NO)CC2)n1. The van der Waals surface area contributed by atoms with Gasteiger partial charge in [-0.3, -0.25) is 0 Å². The first-order valence-corrected chi connectivity index (χ1v) is 6.13. The molecule has 1 fully saturated rings. The van der Waals surface area contributed by atoms with Crippen molar-refractivity contribution < 1.29 is 9.62 Å². The van der Waals surface area contributed by atoms with E-state index in [0.717, 1.165) is 24.3 Å². The van der Waals surface area contributed by atoms with Gasteiger partial charge in [-0.25, -0.2) is 4.98 Å². The smallest absolute Gasteiger partial charge is 0.255 e. The van der Waals surface area contributed by atoms with Crippen LogP contribution in [0.2, 0.25) is 0 Å². The number of amidine groups is 1. The van der Waals surface area contributed by atoms with Crippen molar-refractivity contribution in [2.75, 3.05) is 5.75 Å². The number of nitrogens with two attached hydrogens (primary N) is 1. The molecule has 0 aliphatic heterocycles. The molecule has 1 aromatic heterocycles. The van der Waals surface area contributed by atoms with Crippen LogP contribution in [0.3, 0.4) is 0 Å². The summed E-state index contributed by atoms with van der Waals surface area (Å²) in [6, 6.07) is 0. The van der Waals surface area contributed by atoms with Gasteiger partial charge in [0.15, 0.2) is 0 Å². The zero-order valence-electron chi connectivity index (χ0n) is 9.14. The van der Waals surface area contributed by atoms with Crippen LogP contribution in [0.15, 0.2) is 21.1 Å². The molecule has 1 aliphatic carbocycles. The third kappa shape index (κ3) is 2.69. The van der Waals surface area contributed by atoms with Gasteiger partial charge >= 0.3 is 0 Å². The van der Waals surface area contributed by atoms with Gasteiger partial charge in [0.05, 0.1) is 5.69 Å². The maximum Gasteiger partial charge on any atom is 0.255 e. The van der Waals surface area contributed by atoms with Crippen LogP contribution >= 0.6 is 11.8 Å². The fraction of sp³-hybridized carbons (Fsp3) is 0.600. The Labute approximate surface area is 98.1 Å². The molecule has 3 N–H and O–H groups in total. The monoisotopic (exact) mass is 241 g/mol. The normalized spacial score (nSPS) is 18.7. The molecule has 0 spiro atoms. The van der Waals surface area contributed by atoms with Crippen molar-refractivity contribution in [1.82, 2.24) is 4.98 Å². The average Bonchev–Trinajstić information content (AvgIpc) is 2.90. The van der Waals surface area contributed by atoms with Crippen molar-refractivity contribution in [2.45, 2.75) is 31.4 Å². The number of aromatic nitrogens is 1. The molecule has 0 bridgehead atoms. The summed E-state index contributed by atoms with van der Waals surface area (Å²) in [6.45, 7) is 1.90. The highest BCUT2D eigenvalue weighted by atomic mass is 32.2. The molecule has 0 atom stereocenters. The van der Waals surface area contributed by atoms with Crippen LogP contribution in [-0.2, 0) is 0 Å². The molecular weight excluding hydrogens is 226 g/mol. The van der Waals surface area contributed by atoms with E-state index in [4.69, 9.17) is 15.4 Å². The van der Waals surface area contributed by atoms with Gasteiger partial charge < -0.3 is 15.4 Å². The minimum absolute atomic E-state index is 0.184. The van der Waals surface area contributed by atoms with E-state index in [1.165, 1.54) is 0 Å². The van der Waals surface area contributed by atoms with Crippen molar-refractivity contribution in [2.24, 2.45) is 16.3 Å². The molecule has 0 amide bonds. The number of thioether (sulfide) groups is 1. The van der Waals surface area contributed by atoms with Crippen molar-refractivity contribution in [3.63, 3.8) is 0 Å². The molecule has 1 saturated carbocycles. The third-order valence-electron chi connectivity index (χ3n) is 2.74. The number of aryl methyl sites for hydroxylation is 1. The van der Waals surface area contributed by atoms with E-state index in [1.807, 2.05) is 6.92 Å². The summed E-state index contributed by atoms with van der Waals surface area (Å²) in [7, 11) is 0. The van der Waals surface area contributed by atoms with Crippen molar-refractivity contribution in [1.29, 1.82) is 0 Å². The molecule has 0 radical (unpaired) electrons. The highest BCUT2D eigenvalue weighted by molar-refractivity contribution is 7.99. The van der Waals surface area contributed by atoms with Crippen molar-refractivity contribution in [3.8, 4) is 0 Å². The topological polar surface area (TPSA) is 84.6 Å². The molecule has 88 valence electrons. The summed E-state index contributed by atoms with van der Waals surface area (Å²) >= 11 is 1.59. The molecule has 2 rings (SSSR count). The Morgan fingerprint density at radius 2 is 2.50 bits per heavy atom. The number of oxime groups is 1. The predicted octanol–water partition coefficient (Wildman–Crippen LogP) is 1.99. The molecular formula is C10H15N3O2S. The molecule has 16 heavy (non-hydrogen) atoms. The second kappa shape index (κ2) is 4.37. The maximum absolute atomic E-state index is 8.54. The number of hydrogen-bond acceptors (Lipinski definition) is 5. The lowest BCUT2D eigenvalue weighted by molar-refractivity contribution is 0.315. The molecule has 0 aromatic carbocycles. The summed E-state index contributed by atoms with van der Waals surface area (Å²) < 4.78 is 5.26. The quantitative estimate of drug-likeness (QED) is 0.271. The summed E-state index contributed by atoms with van der Waals surface area (Å²) in [5.41, 5.74) is 6.60. The summed E-state index contributed by atoms with van der Waals surface area (Å²) in [4.78, 5) is 4.23. The molecule has 5 nitrogen and oxygen atoms in total. The molecule has 1 aliphatic rings. The van der Waals surface area contributed by atoms with Crippen LogP contribution in [-0.4, -0.2) is 21.8 Å². The Bertz CT molecular complexity index is 399. The van der Waals surface area contributed by atoms with Crippen LogP contribution in [0.1, 0.15) is 25.0 Å². The number of rotatable bonds is 5. The van der Waals surface area contributed by atoms with E-state index in [2.05, 4.69) is 10.1 Å². The molecule has 1 heterocycles. The second-order valence-corrected chi connectivity index (χ2v) is 5.24. The van der Waals surface area contributed by atoms with Crippen LogP contribution in [0.4, 0.5) is 0 Å². The lowest BCUT2D eigenvalue weighted by Gasteiger charge is -2.11. The molecule has 0 saturated heterocycles. The minimum atomic E-state index is 0.184. The van der Waals surface area contributed by atoms with Crippen LogP contribution < -0.4 is 5.73 Å². The first kappa shape index (κ1) is 11.3. The number of oxazole rings is 1. The fourth-order valence-corrected chi connectivity index (χ4v) is 2.73. The third-order valence-corrected chi connectivity index (χ3v) is 3.93. The largest absolute Gasteiger partial charge is 0.440 e. The van der Waals surface area contributed by atoms with E-state index in [9.17, 15) is 0 Å². The van der Waals surface area contributed by atoms with Crippen LogP contribution in [0.5, 0.6) is 0 Å². The Morgan fingerprint density at radius 1 is 1.75 bits per heavy atom. The van der Waals surface area contributed by atoms with Gasteiger partial charge in [0, 0.05) is 12.2 Å². The number of hydrogen-bond donors (Lipinski definition) is 2. The Morgan fingerprint density at radius 3 is 3.00 bits per heavy atom. The van der Waals surface area contributed by atoms with Gasteiger partial charge in [0.2, 0.25) is 0 Å². The van der Waals surface area contributed by atoms with Gasteiger partial charge in [-0.1, -0.05) is 16.9 Å². The zero-order chi connectivity index (χ0) is 11.6. The lowest BCUT2D eigenvalue weighted by Crippen LogP contribution is -2.19. The van der Waals surface area contributed by atoms with Crippen LogP contribution in [0, 0.1) is 12.3 Å². The zero-order valence-corrected chi connectivity index (χ0v) is 9.96. The standard InChI is InChI=1S/C10H15N3O2S/c1-7-5-15-9(12-7)16-6-10(2-3-10)4-8(11)13-14/h5,14H,2-4,6H2,1H3,(H2,11,13).